The summed E-state index contributed by atoms with van der Waals surface area (Å²) in [6.07, 6.45) is 12.5. The summed E-state index contributed by atoms with van der Waals surface area (Å²) in [5, 5.41) is 19.2. The fourth-order valence-electron chi connectivity index (χ4n) is 5.01. The lowest BCUT2D eigenvalue weighted by molar-refractivity contribution is 0.281. The maximum Gasteiger partial charge on any atom is 0.232 e. The van der Waals surface area contributed by atoms with E-state index in [0.29, 0.717) is 0 Å². The molecule has 3 aliphatic carbocycles. The van der Waals surface area contributed by atoms with E-state index in [4.69, 9.17) is 46.4 Å². The van der Waals surface area contributed by atoms with Crippen LogP contribution in [0.2, 0.25) is 0 Å². The molecule has 2 aromatic rings. The SMILES string of the molecule is ClC1=C(Cl)C(n2nnc3c2CCCCCC3)(n2nnc3c2CCCCCC3)C(Cl)=C1Cl. The van der Waals surface area contributed by atoms with Crippen molar-refractivity contribution in [3.05, 3.63) is 42.9 Å². The fraction of sp³-hybridized carbons (Fsp3) is 0.619. The lowest BCUT2D eigenvalue weighted by atomic mass is 9.99. The minimum atomic E-state index is -1.28. The van der Waals surface area contributed by atoms with Crippen LogP contribution in [-0.4, -0.2) is 30.0 Å². The van der Waals surface area contributed by atoms with Gasteiger partial charge in [0.15, 0.2) is 0 Å². The number of nitrogens with zero attached hydrogens (tertiary/aromatic N) is 6. The molecule has 6 nitrogen and oxygen atoms in total. The van der Waals surface area contributed by atoms with Gasteiger partial charge in [0.05, 0.1) is 42.9 Å². The molecule has 3 aliphatic rings. The molecule has 166 valence electrons. The molecule has 0 aliphatic heterocycles. The van der Waals surface area contributed by atoms with Crippen molar-refractivity contribution in [3.8, 4) is 0 Å². The van der Waals surface area contributed by atoms with Crippen molar-refractivity contribution in [2.45, 2.75) is 82.7 Å². The first-order valence-corrected chi connectivity index (χ1v) is 12.6. The van der Waals surface area contributed by atoms with Gasteiger partial charge in [0.2, 0.25) is 5.66 Å². The third-order valence-corrected chi connectivity index (χ3v) is 8.60. The average Bonchev–Trinajstić information content (AvgIpc) is 3.34. The summed E-state index contributed by atoms with van der Waals surface area (Å²) in [4.78, 5) is 0. The Morgan fingerprint density at radius 1 is 0.548 bits per heavy atom. The van der Waals surface area contributed by atoms with Crippen LogP contribution in [0.25, 0.3) is 0 Å². The van der Waals surface area contributed by atoms with Gasteiger partial charge in [-0.15, -0.1) is 10.2 Å². The molecule has 0 saturated heterocycles. The molecular formula is C21H24Cl4N6. The van der Waals surface area contributed by atoms with Gasteiger partial charge >= 0.3 is 0 Å². The van der Waals surface area contributed by atoms with Crippen molar-refractivity contribution in [3.63, 3.8) is 0 Å². The summed E-state index contributed by atoms with van der Waals surface area (Å²) >= 11 is 27.0. The number of halogens is 4. The summed E-state index contributed by atoms with van der Waals surface area (Å²) in [5.74, 6) is 0. The van der Waals surface area contributed by atoms with Crippen molar-refractivity contribution < 1.29 is 0 Å². The zero-order chi connectivity index (χ0) is 21.6. The molecule has 0 radical (unpaired) electrons. The molecule has 0 atom stereocenters. The molecule has 2 heterocycles. The molecule has 0 N–H and O–H groups in total. The van der Waals surface area contributed by atoms with Crippen molar-refractivity contribution in [1.29, 1.82) is 0 Å². The number of fused-ring (bicyclic) bond motifs is 2. The molecular weight excluding hydrogens is 478 g/mol. The van der Waals surface area contributed by atoms with E-state index in [1.54, 1.807) is 0 Å². The second kappa shape index (κ2) is 8.69. The van der Waals surface area contributed by atoms with E-state index in [-0.39, 0.29) is 20.1 Å². The van der Waals surface area contributed by atoms with E-state index >= 15 is 0 Å². The quantitative estimate of drug-likeness (QED) is 0.523. The smallest absolute Gasteiger partial charge is 0.211 e. The number of rotatable bonds is 2. The molecule has 0 amide bonds. The Morgan fingerprint density at radius 3 is 1.35 bits per heavy atom. The van der Waals surface area contributed by atoms with Gasteiger partial charge < -0.3 is 0 Å². The zero-order valence-electron chi connectivity index (χ0n) is 17.2. The molecule has 0 saturated carbocycles. The number of aromatic nitrogens is 6. The van der Waals surface area contributed by atoms with Gasteiger partial charge in [-0.3, -0.25) is 0 Å². The minimum absolute atomic E-state index is 0.221. The van der Waals surface area contributed by atoms with Crippen LogP contribution in [0.3, 0.4) is 0 Å². The largest absolute Gasteiger partial charge is 0.232 e. The minimum Gasteiger partial charge on any atom is -0.211 e. The van der Waals surface area contributed by atoms with Gasteiger partial charge in [0.1, 0.15) is 0 Å². The monoisotopic (exact) mass is 500 g/mol. The Labute approximate surface area is 201 Å². The summed E-state index contributed by atoms with van der Waals surface area (Å²) in [5.41, 5.74) is 2.71. The van der Waals surface area contributed by atoms with Gasteiger partial charge in [0.25, 0.3) is 0 Å². The third-order valence-electron chi connectivity index (χ3n) is 6.64. The van der Waals surface area contributed by atoms with Crippen LogP contribution in [-0.2, 0) is 31.3 Å². The first kappa shape index (κ1) is 21.7. The fourth-order valence-corrected chi connectivity index (χ4v) is 6.30. The maximum atomic E-state index is 6.95. The maximum absolute atomic E-state index is 6.95. The highest BCUT2D eigenvalue weighted by Gasteiger charge is 2.53. The molecule has 0 spiro atoms. The van der Waals surface area contributed by atoms with E-state index in [2.05, 4.69) is 20.6 Å². The summed E-state index contributed by atoms with van der Waals surface area (Å²) < 4.78 is 3.62. The van der Waals surface area contributed by atoms with Crippen LogP contribution < -0.4 is 0 Å². The Hall–Kier alpha value is -1.08. The first-order chi connectivity index (χ1) is 15.1. The lowest BCUT2D eigenvalue weighted by Gasteiger charge is -2.33. The summed E-state index contributed by atoms with van der Waals surface area (Å²) in [6.45, 7) is 0. The zero-order valence-corrected chi connectivity index (χ0v) is 20.2. The summed E-state index contributed by atoms with van der Waals surface area (Å²) in [7, 11) is 0. The van der Waals surface area contributed by atoms with Crippen LogP contribution in [0, 0.1) is 0 Å². The highest BCUT2D eigenvalue weighted by molar-refractivity contribution is 6.53. The Kier molecular flexibility index (Phi) is 6.10. The number of aryl methyl sites for hydroxylation is 2. The second-order valence-electron chi connectivity index (χ2n) is 8.55. The predicted molar refractivity (Wildman–Crippen MR) is 123 cm³/mol. The van der Waals surface area contributed by atoms with Gasteiger partial charge in [-0.2, -0.15) is 0 Å². The molecule has 31 heavy (non-hydrogen) atoms. The van der Waals surface area contributed by atoms with Crippen molar-refractivity contribution in [2.24, 2.45) is 0 Å². The molecule has 5 rings (SSSR count). The van der Waals surface area contributed by atoms with Gasteiger partial charge in [-0.25, -0.2) is 9.36 Å². The molecule has 2 aromatic heterocycles. The van der Waals surface area contributed by atoms with Crippen LogP contribution in [0.4, 0.5) is 0 Å². The van der Waals surface area contributed by atoms with Gasteiger partial charge in [-0.05, 0) is 51.4 Å². The van der Waals surface area contributed by atoms with Gasteiger partial charge in [-0.1, -0.05) is 82.5 Å². The Balaban J connectivity index is 1.77. The topological polar surface area (TPSA) is 61.4 Å². The standard InChI is InChI=1S/C21H24Cl4N6/c22-17-18(23)20(25)21(19(17)24,30-15-11-7-3-1-5-9-13(15)26-28-30)31-16-12-8-4-2-6-10-14(16)27-29-31/h1-12H2. The molecule has 0 bridgehead atoms. The molecule has 0 fully saturated rings. The van der Waals surface area contributed by atoms with E-state index in [9.17, 15) is 0 Å². The van der Waals surface area contributed by atoms with Crippen molar-refractivity contribution >= 4 is 46.4 Å². The number of hydrogen-bond donors (Lipinski definition) is 0. The number of allylic oxidation sites excluding steroid dienone is 4. The summed E-state index contributed by atoms with van der Waals surface area (Å²) in [6, 6.07) is 0. The molecule has 0 unspecified atom stereocenters. The van der Waals surface area contributed by atoms with Crippen LogP contribution in [0.5, 0.6) is 0 Å². The van der Waals surface area contributed by atoms with Crippen LogP contribution >= 0.6 is 46.4 Å². The number of hydrogen-bond acceptors (Lipinski definition) is 4. The highest BCUT2D eigenvalue weighted by atomic mass is 35.5. The molecule has 0 aromatic carbocycles. The highest BCUT2D eigenvalue weighted by Crippen LogP contribution is 2.53. The Morgan fingerprint density at radius 2 is 0.935 bits per heavy atom. The second-order valence-corrected chi connectivity index (χ2v) is 10.1. The molecule has 10 heteroatoms. The predicted octanol–water partition coefficient (Wildman–Crippen LogP) is 5.78. The van der Waals surface area contributed by atoms with Crippen LogP contribution in [0.15, 0.2) is 20.1 Å². The van der Waals surface area contributed by atoms with Crippen molar-refractivity contribution in [1.82, 2.24) is 30.0 Å². The first-order valence-electron chi connectivity index (χ1n) is 11.1. The van der Waals surface area contributed by atoms with E-state index in [1.807, 2.05) is 9.36 Å². The van der Waals surface area contributed by atoms with E-state index < -0.39 is 5.66 Å². The van der Waals surface area contributed by atoms with E-state index in [0.717, 1.165) is 74.1 Å². The Bertz CT molecular complexity index is 982. The normalized spacial score (nSPS) is 21.9. The third kappa shape index (κ3) is 3.36. The lowest BCUT2D eigenvalue weighted by Crippen LogP contribution is -2.45. The average molecular weight is 502 g/mol. The van der Waals surface area contributed by atoms with Gasteiger partial charge in [0, 0.05) is 0 Å². The van der Waals surface area contributed by atoms with Crippen molar-refractivity contribution in [2.75, 3.05) is 0 Å². The van der Waals surface area contributed by atoms with Crippen LogP contribution in [0.1, 0.15) is 74.1 Å². The van der Waals surface area contributed by atoms with E-state index in [1.165, 1.54) is 25.7 Å².